The Morgan fingerprint density at radius 3 is 2.32 bits per heavy atom. The Hall–Kier alpha value is -1.31. The average Bonchev–Trinajstić information content (AvgIpc) is 2.70. The van der Waals surface area contributed by atoms with E-state index in [-0.39, 0.29) is 25.4 Å². The van der Waals surface area contributed by atoms with Gasteiger partial charge in [0.25, 0.3) is 0 Å². The monoisotopic (exact) mass is 282 g/mol. The number of hydrogen-bond donors (Lipinski definition) is 1. The van der Waals surface area contributed by atoms with E-state index in [0.29, 0.717) is 0 Å². The lowest BCUT2D eigenvalue weighted by Gasteiger charge is -2.27. The predicted octanol–water partition coefficient (Wildman–Crippen LogP) is 0.804. The fraction of sp³-hybridized carbons (Fsp3) is 0.818. The Morgan fingerprint density at radius 2 is 1.95 bits per heavy atom. The molecule has 0 aromatic heterocycles. The van der Waals surface area contributed by atoms with Crippen LogP contribution in [0.1, 0.15) is 12.8 Å². The third-order valence-corrected chi connectivity index (χ3v) is 3.44. The van der Waals surface area contributed by atoms with Crippen molar-refractivity contribution in [3.8, 4) is 0 Å². The van der Waals surface area contributed by atoms with Gasteiger partial charge in [0, 0.05) is 33.6 Å². The number of hydrogen-bond acceptors (Lipinski definition) is 3. The standard InChI is InChI=1S/C11H17F3N2O3/c1-15(2)8(17)3-5-16-6-4-10(7-16,9(18)19)11(12,13)14/h3-7H2,1-2H3,(H,18,19). The van der Waals surface area contributed by atoms with Crippen LogP contribution in [0.25, 0.3) is 0 Å². The Labute approximate surface area is 109 Å². The minimum absolute atomic E-state index is 0.0342. The quantitative estimate of drug-likeness (QED) is 0.828. The molecule has 0 radical (unpaired) electrons. The summed E-state index contributed by atoms with van der Waals surface area (Å²) < 4.78 is 38.7. The van der Waals surface area contributed by atoms with Crippen molar-refractivity contribution >= 4 is 11.9 Å². The first kappa shape index (κ1) is 15.7. The molecule has 1 heterocycles. The molecule has 0 spiro atoms. The van der Waals surface area contributed by atoms with Crippen molar-refractivity contribution in [1.82, 2.24) is 9.80 Å². The number of carboxylic acid groups (broad SMARTS) is 1. The summed E-state index contributed by atoms with van der Waals surface area (Å²) in [5.74, 6) is -2.04. The highest BCUT2D eigenvalue weighted by molar-refractivity contribution is 5.77. The van der Waals surface area contributed by atoms with Crippen LogP contribution in [-0.4, -0.2) is 66.7 Å². The molecule has 5 nitrogen and oxygen atoms in total. The van der Waals surface area contributed by atoms with Gasteiger partial charge in [-0.3, -0.25) is 9.59 Å². The first-order valence-electron chi connectivity index (χ1n) is 5.83. The molecular weight excluding hydrogens is 265 g/mol. The molecule has 1 amide bonds. The molecule has 0 bridgehead atoms. The second-order valence-electron chi connectivity index (χ2n) is 4.95. The molecule has 0 aliphatic carbocycles. The van der Waals surface area contributed by atoms with Gasteiger partial charge in [-0.2, -0.15) is 13.2 Å². The first-order chi connectivity index (χ1) is 8.60. The lowest BCUT2D eigenvalue weighted by atomic mass is 9.86. The zero-order valence-corrected chi connectivity index (χ0v) is 10.8. The molecule has 1 rings (SSSR count). The van der Waals surface area contributed by atoms with Gasteiger partial charge < -0.3 is 14.9 Å². The summed E-state index contributed by atoms with van der Waals surface area (Å²) in [7, 11) is 3.12. The van der Waals surface area contributed by atoms with Crippen LogP contribution in [0.15, 0.2) is 0 Å². The van der Waals surface area contributed by atoms with Gasteiger partial charge in [-0.05, 0) is 13.0 Å². The van der Waals surface area contributed by atoms with Crippen molar-refractivity contribution in [2.24, 2.45) is 5.41 Å². The van der Waals surface area contributed by atoms with Crippen molar-refractivity contribution in [3.63, 3.8) is 0 Å². The van der Waals surface area contributed by atoms with Gasteiger partial charge in [-0.25, -0.2) is 0 Å². The highest BCUT2D eigenvalue weighted by Gasteiger charge is 2.63. The number of halogens is 3. The van der Waals surface area contributed by atoms with E-state index in [1.807, 2.05) is 0 Å². The molecule has 1 aliphatic heterocycles. The molecule has 0 saturated carbocycles. The highest BCUT2D eigenvalue weighted by atomic mass is 19.4. The summed E-state index contributed by atoms with van der Waals surface area (Å²) in [6.07, 6.45) is -5.16. The number of aliphatic carboxylic acids is 1. The third kappa shape index (κ3) is 3.17. The summed E-state index contributed by atoms with van der Waals surface area (Å²) in [6, 6.07) is 0. The average molecular weight is 282 g/mol. The molecular formula is C11H17F3N2O3. The molecule has 0 aromatic rings. The van der Waals surface area contributed by atoms with Gasteiger partial charge in [0.15, 0.2) is 5.41 Å². The van der Waals surface area contributed by atoms with Crippen LogP contribution >= 0.6 is 0 Å². The number of carbonyl (C=O) groups excluding carboxylic acids is 1. The maximum absolute atomic E-state index is 12.9. The van der Waals surface area contributed by atoms with E-state index in [0.717, 1.165) is 0 Å². The molecule has 8 heteroatoms. The van der Waals surface area contributed by atoms with Crippen LogP contribution in [-0.2, 0) is 9.59 Å². The topological polar surface area (TPSA) is 60.9 Å². The zero-order chi connectivity index (χ0) is 14.8. The Kier molecular flexibility index (Phi) is 4.44. The molecule has 19 heavy (non-hydrogen) atoms. The molecule has 1 saturated heterocycles. The fourth-order valence-electron chi connectivity index (χ4n) is 2.08. The third-order valence-electron chi connectivity index (χ3n) is 3.44. The Balaban J connectivity index is 2.66. The molecule has 1 aliphatic rings. The minimum Gasteiger partial charge on any atom is -0.481 e. The normalized spacial score (nSPS) is 24.5. The number of carbonyl (C=O) groups is 2. The van der Waals surface area contributed by atoms with E-state index < -0.39 is 30.5 Å². The van der Waals surface area contributed by atoms with Crippen LogP contribution in [0.5, 0.6) is 0 Å². The van der Waals surface area contributed by atoms with E-state index in [2.05, 4.69) is 0 Å². The van der Waals surface area contributed by atoms with Gasteiger partial charge in [0.05, 0.1) is 0 Å². The SMILES string of the molecule is CN(C)C(=O)CCN1CCC(C(=O)O)(C(F)(F)F)C1. The fourth-order valence-corrected chi connectivity index (χ4v) is 2.08. The van der Waals surface area contributed by atoms with Crippen molar-refractivity contribution in [3.05, 3.63) is 0 Å². The number of carboxylic acids is 1. The van der Waals surface area contributed by atoms with Gasteiger partial charge in [0.2, 0.25) is 5.91 Å². The van der Waals surface area contributed by atoms with Crippen LogP contribution in [0.3, 0.4) is 0 Å². The van der Waals surface area contributed by atoms with Crippen molar-refractivity contribution in [2.45, 2.75) is 19.0 Å². The summed E-state index contributed by atoms with van der Waals surface area (Å²) in [5, 5.41) is 8.86. The smallest absolute Gasteiger partial charge is 0.406 e. The second kappa shape index (κ2) is 5.36. The van der Waals surface area contributed by atoms with Crippen LogP contribution in [0.4, 0.5) is 13.2 Å². The summed E-state index contributed by atoms with van der Waals surface area (Å²) in [5.41, 5.74) is -2.70. The predicted molar refractivity (Wildman–Crippen MR) is 60.5 cm³/mol. The minimum atomic E-state index is -4.78. The van der Waals surface area contributed by atoms with Crippen LogP contribution in [0, 0.1) is 5.41 Å². The second-order valence-corrected chi connectivity index (χ2v) is 4.95. The molecule has 110 valence electrons. The Bertz CT molecular complexity index is 371. The lowest BCUT2D eigenvalue weighted by Crippen LogP contribution is -2.47. The number of likely N-dealkylation sites (tertiary alicyclic amines) is 1. The molecule has 1 N–H and O–H groups in total. The van der Waals surface area contributed by atoms with Crippen LogP contribution < -0.4 is 0 Å². The Morgan fingerprint density at radius 1 is 1.37 bits per heavy atom. The van der Waals surface area contributed by atoms with E-state index in [1.54, 1.807) is 14.1 Å². The molecule has 1 atom stereocenters. The number of rotatable bonds is 4. The van der Waals surface area contributed by atoms with E-state index in [9.17, 15) is 22.8 Å². The van der Waals surface area contributed by atoms with Crippen molar-refractivity contribution < 1.29 is 27.9 Å². The summed E-state index contributed by atoms with van der Waals surface area (Å²) in [4.78, 5) is 25.0. The van der Waals surface area contributed by atoms with Gasteiger partial charge in [-0.1, -0.05) is 0 Å². The number of nitrogens with zero attached hydrogens (tertiary/aromatic N) is 2. The van der Waals surface area contributed by atoms with E-state index in [1.165, 1.54) is 9.80 Å². The molecule has 0 aromatic carbocycles. The van der Waals surface area contributed by atoms with E-state index in [4.69, 9.17) is 5.11 Å². The molecule has 1 unspecified atom stereocenters. The zero-order valence-electron chi connectivity index (χ0n) is 10.8. The van der Waals surface area contributed by atoms with Gasteiger partial charge in [0.1, 0.15) is 0 Å². The van der Waals surface area contributed by atoms with Crippen molar-refractivity contribution in [2.75, 3.05) is 33.7 Å². The number of alkyl halides is 3. The first-order valence-corrected chi connectivity index (χ1v) is 5.83. The maximum atomic E-state index is 12.9. The molecule has 1 fully saturated rings. The van der Waals surface area contributed by atoms with Gasteiger partial charge in [-0.15, -0.1) is 0 Å². The number of amides is 1. The highest BCUT2D eigenvalue weighted by Crippen LogP contribution is 2.45. The van der Waals surface area contributed by atoms with Crippen LogP contribution in [0.2, 0.25) is 0 Å². The summed E-state index contributed by atoms with van der Waals surface area (Å²) in [6.45, 7) is -0.415. The van der Waals surface area contributed by atoms with Crippen molar-refractivity contribution in [1.29, 1.82) is 0 Å². The van der Waals surface area contributed by atoms with E-state index >= 15 is 0 Å². The summed E-state index contributed by atoms with van der Waals surface area (Å²) >= 11 is 0. The largest absolute Gasteiger partial charge is 0.481 e. The lowest BCUT2D eigenvalue weighted by molar-refractivity contribution is -0.227. The maximum Gasteiger partial charge on any atom is 0.406 e. The van der Waals surface area contributed by atoms with Gasteiger partial charge >= 0.3 is 12.1 Å².